The van der Waals surface area contributed by atoms with Crippen LogP contribution in [0.25, 0.3) is 0 Å². The van der Waals surface area contributed by atoms with Crippen molar-refractivity contribution in [3.63, 3.8) is 0 Å². The Morgan fingerprint density at radius 2 is 1.96 bits per heavy atom. The lowest BCUT2D eigenvalue weighted by Gasteiger charge is -2.42. The highest BCUT2D eigenvalue weighted by molar-refractivity contribution is 6.40. The molecular formula is C17H26BN3O5. The highest BCUT2D eigenvalue weighted by Gasteiger charge is 2.44. The SMILES string of the molecule is NC(Cc1ccccc1)C(=O)N1C[C@@H](CCB(O)O)C[C@](N)(C(=O)O)C1. The molecule has 3 atom stereocenters. The van der Waals surface area contributed by atoms with Gasteiger partial charge in [-0.05, 0) is 30.6 Å². The molecule has 0 aromatic heterocycles. The fourth-order valence-electron chi connectivity index (χ4n) is 3.45. The van der Waals surface area contributed by atoms with Gasteiger partial charge in [-0.2, -0.15) is 0 Å². The number of rotatable bonds is 7. The number of carboxylic acid groups (broad SMARTS) is 1. The molecule has 0 radical (unpaired) electrons. The number of aliphatic carboxylic acids is 1. The smallest absolute Gasteiger partial charge is 0.451 e. The molecule has 1 aliphatic rings. The Labute approximate surface area is 152 Å². The van der Waals surface area contributed by atoms with Crippen molar-refractivity contribution in [2.24, 2.45) is 17.4 Å². The summed E-state index contributed by atoms with van der Waals surface area (Å²) < 4.78 is 0. The largest absolute Gasteiger partial charge is 0.480 e. The summed E-state index contributed by atoms with van der Waals surface area (Å²) in [5, 5.41) is 27.6. The Balaban J connectivity index is 2.09. The molecule has 1 fully saturated rings. The van der Waals surface area contributed by atoms with Crippen LogP contribution in [0.15, 0.2) is 30.3 Å². The lowest BCUT2D eigenvalue weighted by molar-refractivity contribution is -0.149. The molecule has 2 rings (SSSR count). The number of carbonyl (C=O) groups is 2. The van der Waals surface area contributed by atoms with E-state index >= 15 is 0 Å². The van der Waals surface area contributed by atoms with Gasteiger partial charge in [0.15, 0.2) is 0 Å². The van der Waals surface area contributed by atoms with Crippen molar-refractivity contribution < 1.29 is 24.7 Å². The van der Waals surface area contributed by atoms with Crippen LogP contribution < -0.4 is 11.5 Å². The van der Waals surface area contributed by atoms with Crippen LogP contribution in [0.2, 0.25) is 6.32 Å². The highest BCUT2D eigenvalue weighted by Crippen LogP contribution is 2.28. The van der Waals surface area contributed by atoms with E-state index in [1.54, 1.807) is 0 Å². The van der Waals surface area contributed by atoms with Crippen LogP contribution in [0, 0.1) is 5.92 Å². The van der Waals surface area contributed by atoms with E-state index in [2.05, 4.69) is 0 Å². The Hall–Kier alpha value is -1.94. The number of piperidine rings is 1. The molecule has 1 aromatic rings. The van der Waals surface area contributed by atoms with Crippen molar-refractivity contribution in [1.82, 2.24) is 4.90 Å². The van der Waals surface area contributed by atoms with E-state index in [0.29, 0.717) is 19.4 Å². The molecular weight excluding hydrogens is 337 g/mol. The van der Waals surface area contributed by atoms with E-state index in [0.717, 1.165) is 5.56 Å². The van der Waals surface area contributed by atoms with Crippen LogP contribution in [0.3, 0.4) is 0 Å². The summed E-state index contributed by atoms with van der Waals surface area (Å²) in [6, 6.07) is 8.55. The van der Waals surface area contributed by atoms with Crippen molar-refractivity contribution in [1.29, 1.82) is 0 Å². The van der Waals surface area contributed by atoms with Crippen LogP contribution >= 0.6 is 0 Å². The molecule has 7 N–H and O–H groups in total. The van der Waals surface area contributed by atoms with Gasteiger partial charge in [0.05, 0.1) is 6.04 Å². The normalized spacial score (nSPS) is 24.2. The maximum absolute atomic E-state index is 12.8. The summed E-state index contributed by atoms with van der Waals surface area (Å²) in [5.74, 6) is -1.76. The van der Waals surface area contributed by atoms with Crippen LogP contribution in [0.5, 0.6) is 0 Å². The summed E-state index contributed by atoms with van der Waals surface area (Å²) >= 11 is 0. The monoisotopic (exact) mass is 363 g/mol. The Bertz CT molecular complexity index is 630. The molecule has 142 valence electrons. The molecule has 0 saturated carbocycles. The number of nitrogens with zero attached hydrogens (tertiary/aromatic N) is 1. The van der Waals surface area contributed by atoms with Gasteiger partial charge in [0.2, 0.25) is 5.91 Å². The molecule has 1 aliphatic heterocycles. The first kappa shape index (κ1) is 20.4. The summed E-state index contributed by atoms with van der Waals surface area (Å²) in [6.45, 7) is 0.197. The predicted molar refractivity (Wildman–Crippen MR) is 97.0 cm³/mol. The predicted octanol–water partition coefficient (Wildman–Crippen LogP) is -0.950. The van der Waals surface area contributed by atoms with Gasteiger partial charge >= 0.3 is 13.1 Å². The van der Waals surface area contributed by atoms with E-state index in [1.807, 2.05) is 30.3 Å². The lowest BCUT2D eigenvalue weighted by atomic mass is 9.75. The Morgan fingerprint density at radius 3 is 2.54 bits per heavy atom. The third-order valence-electron chi connectivity index (χ3n) is 4.79. The van der Waals surface area contributed by atoms with Gasteiger partial charge in [-0.15, -0.1) is 0 Å². The topological polar surface area (TPSA) is 150 Å². The van der Waals surface area contributed by atoms with Crippen molar-refractivity contribution in [2.75, 3.05) is 13.1 Å². The van der Waals surface area contributed by atoms with Crippen molar-refractivity contribution >= 4 is 19.0 Å². The minimum Gasteiger partial charge on any atom is -0.480 e. The molecule has 1 unspecified atom stereocenters. The van der Waals surface area contributed by atoms with E-state index in [9.17, 15) is 14.7 Å². The zero-order chi connectivity index (χ0) is 19.3. The average Bonchev–Trinajstić information content (AvgIpc) is 2.59. The Morgan fingerprint density at radius 1 is 1.31 bits per heavy atom. The van der Waals surface area contributed by atoms with Crippen molar-refractivity contribution in [3.8, 4) is 0 Å². The second-order valence-electron chi connectivity index (χ2n) is 7.10. The van der Waals surface area contributed by atoms with E-state index in [1.165, 1.54) is 4.90 Å². The number of likely N-dealkylation sites (tertiary alicyclic amines) is 1. The number of hydrogen-bond donors (Lipinski definition) is 5. The Kier molecular flexibility index (Phi) is 6.77. The third kappa shape index (κ3) is 5.28. The number of amides is 1. The minimum atomic E-state index is -1.56. The standard InChI is InChI=1S/C17H26BN3O5/c19-14(8-12-4-2-1-3-5-12)15(22)21-10-13(6-7-18(25)26)9-17(20,11-21)16(23)24/h1-5,13-14,25-26H,6-11,19-20H2,(H,23,24)/t13-,14?,17+/m0/s1. The minimum absolute atomic E-state index is 0.0957. The molecule has 0 bridgehead atoms. The lowest BCUT2D eigenvalue weighted by Crippen LogP contribution is -2.64. The molecule has 1 aromatic carbocycles. The van der Waals surface area contributed by atoms with Gasteiger partial charge in [0.25, 0.3) is 0 Å². The van der Waals surface area contributed by atoms with E-state index in [4.69, 9.17) is 21.5 Å². The maximum atomic E-state index is 12.8. The van der Waals surface area contributed by atoms with E-state index in [-0.39, 0.29) is 31.1 Å². The van der Waals surface area contributed by atoms with Crippen LogP contribution in [0.4, 0.5) is 0 Å². The zero-order valence-corrected chi connectivity index (χ0v) is 14.6. The van der Waals surface area contributed by atoms with Crippen LogP contribution in [0.1, 0.15) is 18.4 Å². The van der Waals surface area contributed by atoms with Crippen molar-refractivity contribution in [2.45, 2.75) is 37.2 Å². The molecule has 1 saturated heterocycles. The number of carbonyl (C=O) groups excluding carboxylic acids is 1. The zero-order valence-electron chi connectivity index (χ0n) is 14.6. The summed E-state index contributed by atoms with van der Waals surface area (Å²) in [5.41, 5.74) is 11.4. The third-order valence-corrected chi connectivity index (χ3v) is 4.79. The number of hydrogen-bond acceptors (Lipinski definition) is 6. The fourth-order valence-corrected chi connectivity index (χ4v) is 3.45. The van der Waals surface area contributed by atoms with Crippen LogP contribution in [-0.4, -0.2) is 63.7 Å². The second kappa shape index (κ2) is 8.63. The van der Waals surface area contributed by atoms with Gasteiger partial charge in [0.1, 0.15) is 5.54 Å². The second-order valence-corrected chi connectivity index (χ2v) is 7.10. The highest BCUT2D eigenvalue weighted by atomic mass is 16.4. The first-order valence-electron chi connectivity index (χ1n) is 8.68. The first-order chi connectivity index (χ1) is 12.2. The molecule has 0 aliphatic carbocycles. The summed E-state index contributed by atoms with van der Waals surface area (Å²) in [7, 11) is -1.47. The van der Waals surface area contributed by atoms with Gasteiger partial charge in [0, 0.05) is 13.1 Å². The van der Waals surface area contributed by atoms with Crippen molar-refractivity contribution in [3.05, 3.63) is 35.9 Å². The molecule has 9 heteroatoms. The van der Waals surface area contributed by atoms with Crippen LogP contribution in [-0.2, 0) is 16.0 Å². The first-order valence-corrected chi connectivity index (χ1v) is 8.68. The maximum Gasteiger partial charge on any atom is 0.451 e. The average molecular weight is 363 g/mol. The fraction of sp³-hybridized carbons (Fsp3) is 0.529. The number of nitrogens with two attached hydrogens (primary N) is 2. The summed E-state index contributed by atoms with van der Waals surface area (Å²) in [6.07, 6.45) is 0.980. The van der Waals surface area contributed by atoms with Gasteiger partial charge in [-0.25, -0.2) is 0 Å². The summed E-state index contributed by atoms with van der Waals surface area (Å²) in [4.78, 5) is 25.7. The number of carboxylic acids is 1. The molecule has 8 nitrogen and oxygen atoms in total. The molecule has 26 heavy (non-hydrogen) atoms. The molecule has 0 spiro atoms. The van der Waals surface area contributed by atoms with E-state index < -0.39 is 24.7 Å². The van der Waals surface area contributed by atoms with Gasteiger partial charge < -0.3 is 31.5 Å². The molecule has 1 heterocycles. The quantitative estimate of drug-likeness (QED) is 0.392. The van der Waals surface area contributed by atoms with Gasteiger partial charge in [-0.3, -0.25) is 9.59 Å². The number of benzene rings is 1. The van der Waals surface area contributed by atoms with Gasteiger partial charge in [-0.1, -0.05) is 36.8 Å². The molecule has 1 amide bonds.